The first-order chi connectivity index (χ1) is 16.9. The highest BCUT2D eigenvalue weighted by Crippen LogP contribution is 2.34. The maximum Gasteiger partial charge on any atom is 0.323 e. The highest BCUT2D eigenvalue weighted by atomic mass is 16.7. The Morgan fingerprint density at radius 1 is 1.11 bits per heavy atom. The summed E-state index contributed by atoms with van der Waals surface area (Å²) < 4.78 is 17.0. The number of likely N-dealkylation sites (N-methyl/N-ethyl adjacent to an activating group) is 1. The molecule has 3 amide bonds. The Kier molecular flexibility index (Phi) is 7.62. The van der Waals surface area contributed by atoms with Crippen LogP contribution < -0.4 is 30.2 Å². The number of aliphatic hydroxyl groups is 1. The third kappa shape index (κ3) is 5.77. The number of anilines is 2. The van der Waals surface area contributed by atoms with Crippen LogP contribution in [0.4, 0.5) is 16.2 Å². The predicted molar refractivity (Wildman–Crippen MR) is 131 cm³/mol. The Bertz CT molecular complexity index is 1080. The van der Waals surface area contributed by atoms with Crippen LogP contribution in [-0.4, -0.2) is 67.6 Å². The molecular weight excluding hydrogens is 452 g/mol. The van der Waals surface area contributed by atoms with E-state index in [1.807, 2.05) is 20.9 Å². The molecule has 2 aromatic rings. The third-order valence-corrected chi connectivity index (χ3v) is 6.21. The van der Waals surface area contributed by atoms with Gasteiger partial charge in [0, 0.05) is 42.0 Å². The number of aliphatic hydroxyl groups excluding tert-OH is 1. The number of nitrogens with zero attached hydrogens (tertiary/aromatic N) is 1. The Balaban J connectivity index is 1.53. The van der Waals surface area contributed by atoms with Crippen LogP contribution in [0.5, 0.6) is 17.2 Å². The quantitative estimate of drug-likeness (QED) is 0.497. The summed E-state index contributed by atoms with van der Waals surface area (Å²) in [5, 5.41) is 18.4. The van der Waals surface area contributed by atoms with Crippen molar-refractivity contribution in [3.8, 4) is 17.2 Å². The molecule has 2 aromatic carbocycles. The van der Waals surface area contributed by atoms with Crippen LogP contribution in [0, 0.1) is 5.92 Å². The highest BCUT2D eigenvalue weighted by molar-refractivity contribution is 6.00. The van der Waals surface area contributed by atoms with Crippen LogP contribution in [0.15, 0.2) is 36.4 Å². The first kappa shape index (κ1) is 24.6. The average Bonchev–Trinajstić information content (AvgIpc) is 3.31. The summed E-state index contributed by atoms with van der Waals surface area (Å²) in [6.07, 6.45) is -0.0796. The minimum Gasteiger partial charge on any atom is -0.488 e. The topological polar surface area (TPSA) is 121 Å². The van der Waals surface area contributed by atoms with E-state index in [1.165, 1.54) is 0 Å². The van der Waals surface area contributed by atoms with E-state index in [9.17, 15) is 14.7 Å². The molecule has 0 spiro atoms. The van der Waals surface area contributed by atoms with Crippen molar-refractivity contribution in [2.75, 3.05) is 44.2 Å². The molecule has 0 unspecified atom stereocenters. The first-order valence-corrected chi connectivity index (χ1v) is 11.7. The minimum atomic E-state index is -0.434. The standard InChI is InChI=1S/C25H32N4O6/c1-15-12-29(16(2)13-30)24(31)9-17-8-18(4-6-20(17)35-23(15)11-26-3)27-25(32)28-19-5-7-21-22(10-19)34-14-33-21/h4-8,10,15-16,23,26,30H,9,11-14H2,1-3H3,(H2,27,28,32)/t15-,16+,23+/m1/s1. The van der Waals surface area contributed by atoms with Crippen LogP contribution in [0.1, 0.15) is 19.4 Å². The van der Waals surface area contributed by atoms with Crippen LogP contribution in [0.25, 0.3) is 0 Å². The maximum absolute atomic E-state index is 13.2. The van der Waals surface area contributed by atoms with Gasteiger partial charge in [0.1, 0.15) is 11.9 Å². The van der Waals surface area contributed by atoms with E-state index >= 15 is 0 Å². The first-order valence-electron chi connectivity index (χ1n) is 11.7. The average molecular weight is 485 g/mol. The van der Waals surface area contributed by atoms with Gasteiger partial charge in [0.15, 0.2) is 11.5 Å². The molecule has 2 aliphatic rings. The number of nitrogens with one attached hydrogen (secondary N) is 3. The summed E-state index contributed by atoms with van der Waals surface area (Å²) in [7, 11) is 1.86. The molecule has 0 fully saturated rings. The van der Waals surface area contributed by atoms with Gasteiger partial charge in [0.2, 0.25) is 12.7 Å². The molecule has 0 radical (unpaired) electrons. The zero-order valence-electron chi connectivity index (χ0n) is 20.2. The largest absolute Gasteiger partial charge is 0.488 e. The zero-order valence-corrected chi connectivity index (χ0v) is 20.2. The second-order valence-electron chi connectivity index (χ2n) is 8.92. The fourth-order valence-electron chi connectivity index (χ4n) is 4.22. The summed E-state index contributed by atoms with van der Waals surface area (Å²) >= 11 is 0. The summed E-state index contributed by atoms with van der Waals surface area (Å²) in [6.45, 7) is 4.98. The second-order valence-corrected chi connectivity index (χ2v) is 8.92. The van der Waals surface area contributed by atoms with Gasteiger partial charge in [-0.05, 0) is 44.3 Å². The number of hydrogen-bond acceptors (Lipinski definition) is 7. The lowest BCUT2D eigenvalue weighted by atomic mass is 10.0. The van der Waals surface area contributed by atoms with E-state index in [1.54, 1.807) is 41.3 Å². The third-order valence-electron chi connectivity index (χ3n) is 6.21. The molecule has 0 aromatic heterocycles. The Morgan fingerprint density at radius 2 is 1.80 bits per heavy atom. The van der Waals surface area contributed by atoms with Gasteiger partial charge in [0.05, 0.1) is 19.1 Å². The van der Waals surface area contributed by atoms with Crippen molar-refractivity contribution in [1.82, 2.24) is 10.2 Å². The lowest BCUT2D eigenvalue weighted by Crippen LogP contribution is -2.47. The Hall–Kier alpha value is -3.50. The molecule has 10 nitrogen and oxygen atoms in total. The van der Waals surface area contributed by atoms with Crippen LogP contribution >= 0.6 is 0 Å². The number of ether oxygens (including phenoxy) is 3. The van der Waals surface area contributed by atoms with E-state index in [0.29, 0.717) is 47.3 Å². The molecule has 2 aliphatic heterocycles. The molecule has 10 heteroatoms. The van der Waals surface area contributed by atoms with Gasteiger partial charge in [-0.3, -0.25) is 4.79 Å². The Labute approximate surface area is 204 Å². The van der Waals surface area contributed by atoms with E-state index in [4.69, 9.17) is 14.2 Å². The van der Waals surface area contributed by atoms with Gasteiger partial charge in [-0.2, -0.15) is 0 Å². The Morgan fingerprint density at radius 3 is 2.51 bits per heavy atom. The van der Waals surface area contributed by atoms with E-state index in [0.717, 1.165) is 0 Å². The van der Waals surface area contributed by atoms with Crippen molar-refractivity contribution in [3.63, 3.8) is 0 Å². The van der Waals surface area contributed by atoms with Crippen molar-refractivity contribution in [2.24, 2.45) is 5.92 Å². The molecule has 4 N–H and O–H groups in total. The van der Waals surface area contributed by atoms with Crippen molar-refractivity contribution in [3.05, 3.63) is 42.0 Å². The number of hydrogen-bond donors (Lipinski definition) is 4. The van der Waals surface area contributed by atoms with Crippen molar-refractivity contribution >= 4 is 23.3 Å². The molecule has 2 heterocycles. The number of urea groups is 1. The number of amides is 3. The fourth-order valence-corrected chi connectivity index (χ4v) is 4.22. The summed E-state index contributed by atoms with van der Waals surface area (Å²) in [6, 6.07) is 9.68. The van der Waals surface area contributed by atoms with Crippen LogP contribution in [0.3, 0.4) is 0 Å². The molecule has 3 atom stereocenters. The highest BCUT2D eigenvalue weighted by Gasteiger charge is 2.30. The van der Waals surface area contributed by atoms with Gasteiger partial charge in [0.25, 0.3) is 0 Å². The molecule has 0 saturated carbocycles. The summed E-state index contributed by atoms with van der Waals surface area (Å²) in [4.78, 5) is 27.5. The fraction of sp³-hybridized carbons (Fsp3) is 0.440. The van der Waals surface area contributed by atoms with E-state index in [-0.39, 0.29) is 43.8 Å². The molecule has 0 aliphatic carbocycles. The SMILES string of the molecule is CNC[C@@H]1Oc2ccc(NC(=O)Nc3ccc4c(c3)OCO4)cc2CC(=O)N([C@@H](C)CO)C[C@H]1C. The predicted octanol–water partition coefficient (Wildman–Crippen LogP) is 2.43. The summed E-state index contributed by atoms with van der Waals surface area (Å²) in [5.41, 5.74) is 1.75. The smallest absolute Gasteiger partial charge is 0.323 e. The van der Waals surface area contributed by atoms with Crippen LogP contribution in [-0.2, 0) is 11.2 Å². The van der Waals surface area contributed by atoms with Gasteiger partial charge in [-0.1, -0.05) is 6.92 Å². The molecule has 0 bridgehead atoms. The van der Waals surface area contributed by atoms with Gasteiger partial charge < -0.3 is 40.2 Å². The van der Waals surface area contributed by atoms with Gasteiger partial charge in [-0.15, -0.1) is 0 Å². The van der Waals surface area contributed by atoms with Crippen LogP contribution in [0.2, 0.25) is 0 Å². The van der Waals surface area contributed by atoms with Gasteiger partial charge >= 0.3 is 6.03 Å². The number of carbonyl (C=O) groups excluding carboxylic acids is 2. The molecular formula is C25H32N4O6. The molecule has 188 valence electrons. The van der Waals surface area contributed by atoms with Crippen molar-refractivity contribution in [1.29, 1.82) is 0 Å². The number of benzene rings is 2. The normalized spacial score (nSPS) is 20.1. The van der Waals surface area contributed by atoms with Gasteiger partial charge in [-0.25, -0.2) is 4.79 Å². The number of carbonyl (C=O) groups is 2. The monoisotopic (exact) mass is 484 g/mol. The maximum atomic E-state index is 13.2. The minimum absolute atomic E-state index is 0.0385. The second kappa shape index (κ2) is 10.8. The molecule has 35 heavy (non-hydrogen) atoms. The molecule has 0 saturated heterocycles. The van der Waals surface area contributed by atoms with E-state index < -0.39 is 6.03 Å². The lowest BCUT2D eigenvalue weighted by Gasteiger charge is -2.32. The van der Waals surface area contributed by atoms with Crippen molar-refractivity contribution < 1.29 is 28.9 Å². The molecule has 4 rings (SSSR count). The van der Waals surface area contributed by atoms with E-state index in [2.05, 4.69) is 16.0 Å². The zero-order chi connectivity index (χ0) is 24.9. The number of fused-ring (bicyclic) bond motifs is 2. The van der Waals surface area contributed by atoms with Crippen molar-refractivity contribution in [2.45, 2.75) is 32.4 Å². The summed E-state index contributed by atoms with van der Waals surface area (Å²) in [5.74, 6) is 1.74. The number of rotatable bonds is 6. The lowest BCUT2D eigenvalue weighted by molar-refractivity contribution is -0.134.